The first-order chi connectivity index (χ1) is 9.67. The van der Waals surface area contributed by atoms with Gasteiger partial charge < -0.3 is 14.8 Å². The maximum Gasteiger partial charge on any atom is 0.115 e. The van der Waals surface area contributed by atoms with Crippen LogP contribution in [-0.2, 0) is 13.2 Å². The van der Waals surface area contributed by atoms with E-state index in [1.54, 1.807) is 12.1 Å². The second-order valence-corrected chi connectivity index (χ2v) is 5.21. The van der Waals surface area contributed by atoms with Crippen LogP contribution >= 0.6 is 11.6 Å². The molecule has 4 heteroatoms. The maximum atomic E-state index is 9.53. The van der Waals surface area contributed by atoms with Crippen LogP contribution in [0.1, 0.15) is 11.1 Å². The van der Waals surface area contributed by atoms with E-state index in [0.29, 0.717) is 11.6 Å². The molecule has 20 heavy (non-hydrogen) atoms. The summed E-state index contributed by atoms with van der Waals surface area (Å²) in [4.78, 5) is 0. The Bertz CT molecular complexity index is 764. The van der Waals surface area contributed by atoms with Crippen LogP contribution in [0.15, 0.2) is 48.7 Å². The van der Waals surface area contributed by atoms with Gasteiger partial charge in [0.15, 0.2) is 0 Å². The number of phenols is 1. The zero-order chi connectivity index (χ0) is 14.1. The molecule has 2 N–H and O–H groups in total. The molecule has 1 heterocycles. The van der Waals surface area contributed by atoms with Gasteiger partial charge in [0.1, 0.15) is 5.75 Å². The lowest BCUT2D eigenvalue weighted by Crippen LogP contribution is -1.97. The van der Waals surface area contributed by atoms with Crippen LogP contribution in [0.2, 0.25) is 5.02 Å². The molecule has 0 aliphatic carbocycles. The highest BCUT2D eigenvalue weighted by molar-refractivity contribution is 6.31. The summed E-state index contributed by atoms with van der Waals surface area (Å²) in [6.45, 7) is 0.608. The van der Waals surface area contributed by atoms with Gasteiger partial charge in [-0.3, -0.25) is 0 Å². The highest BCUT2D eigenvalue weighted by Crippen LogP contribution is 2.26. The summed E-state index contributed by atoms with van der Waals surface area (Å²) in [5, 5.41) is 20.6. The van der Waals surface area contributed by atoms with Gasteiger partial charge >= 0.3 is 0 Å². The summed E-state index contributed by atoms with van der Waals surface area (Å²) >= 11 is 6.06. The fourth-order valence-electron chi connectivity index (χ4n) is 2.45. The molecule has 0 saturated carbocycles. The van der Waals surface area contributed by atoms with Gasteiger partial charge in [0.25, 0.3) is 0 Å². The van der Waals surface area contributed by atoms with Crippen LogP contribution in [0.5, 0.6) is 5.75 Å². The van der Waals surface area contributed by atoms with Gasteiger partial charge in [0.05, 0.1) is 12.1 Å². The number of phenolic OH excluding ortho intramolecular Hbond substituents is 1. The Balaban J connectivity index is 2.09. The molecule has 0 bridgehead atoms. The summed E-state index contributed by atoms with van der Waals surface area (Å²) in [6.07, 6.45) is 1.92. The lowest BCUT2D eigenvalue weighted by atomic mass is 10.2. The van der Waals surface area contributed by atoms with Gasteiger partial charge in [-0.2, -0.15) is 0 Å². The molecule has 0 atom stereocenters. The molecule has 3 rings (SSSR count). The molecule has 3 aromatic rings. The topological polar surface area (TPSA) is 45.4 Å². The van der Waals surface area contributed by atoms with Crippen LogP contribution in [-0.4, -0.2) is 14.8 Å². The molecule has 2 aromatic carbocycles. The Morgan fingerprint density at radius 1 is 1.10 bits per heavy atom. The third-order valence-corrected chi connectivity index (χ3v) is 3.60. The number of aromatic hydroxyl groups is 1. The molecule has 0 spiro atoms. The normalized spacial score (nSPS) is 11.1. The number of aromatic nitrogens is 1. The van der Waals surface area contributed by atoms with Crippen molar-refractivity contribution >= 4 is 22.5 Å². The van der Waals surface area contributed by atoms with Gasteiger partial charge in [-0.15, -0.1) is 0 Å². The van der Waals surface area contributed by atoms with Crippen LogP contribution < -0.4 is 0 Å². The third kappa shape index (κ3) is 2.38. The molecule has 0 radical (unpaired) electrons. The van der Waals surface area contributed by atoms with Gasteiger partial charge in [0, 0.05) is 28.7 Å². The number of benzene rings is 2. The Kier molecular flexibility index (Phi) is 3.38. The summed E-state index contributed by atoms with van der Waals surface area (Å²) in [5.41, 5.74) is 2.84. The van der Waals surface area contributed by atoms with Crippen molar-refractivity contribution in [1.29, 1.82) is 0 Å². The van der Waals surface area contributed by atoms with Gasteiger partial charge in [-0.25, -0.2) is 0 Å². The zero-order valence-corrected chi connectivity index (χ0v) is 11.5. The Hall–Kier alpha value is -1.97. The molecular weight excluding hydrogens is 274 g/mol. The first-order valence-electron chi connectivity index (χ1n) is 6.33. The standard InChI is InChI=1S/C16H14ClNO2/c17-13-4-5-15-12(10-19)9-18(16(15)7-13)8-11-2-1-3-14(20)6-11/h1-7,9,19-20H,8,10H2. The van der Waals surface area contributed by atoms with Crippen molar-refractivity contribution in [2.75, 3.05) is 0 Å². The number of rotatable bonds is 3. The van der Waals surface area contributed by atoms with Crippen molar-refractivity contribution in [2.24, 2.45) is 0 Å². The van der Waals surface area contributed by atoms with E-state index in [2.05, 4.69) is 0 Å². The average molecular weight is 288 g/mol. The summed E-state index contributed by atoms with van der Waals surface area (Å²) < 4.78 is 2.03. The van der Waals surface area contributed by atoms with Crippen LogP contribution in [0.4, 0.5) is 0 Å². The van der Waals surface area contributed by atoms with E-state index in [1.807, 2.05) is 41.1 Å². The largest absolute Gasteiger partial charge is 0.508 e. The predicted octanol–water partition coefficient (Wildman–Crippen LogP) is 3.54. The molecule has 0 aliphatic heterocycles. The first kappa shape index (κ1) is 13.0. The minimum absolute atomic E-state index is 0.00876. The molecule has 0 unspecified atom stereocenters. The summed E-state index contributed by atoms with van der Waals surface area (Å²) in [6, 6.07) is 12.8. The smallest absolute Gasteiger partial charge is 0.115 e. The highest BCUT2D eigenvalue weighted by atomic mass is 35.5. The number of aliphatic hydroxyl groups is 1. The van der Waals surface area contributed by atoms with E-state index in [9.17, 15) is 10.2 Å². The second kappa shape index (κ2) is 5.19. The van der Waals surface area contributed by atoms with E-state index < -0.39 is 0 Å². The second-order valence-electron chi connectivity index (χ2n) is 4.77. The van der Waals surface area contributed by atoms with Crippen LogP contribution in [0, 0.1) is 0 Å². The van der Waals surface area contributed by atoms with Crippen molar-refractivity contribution in [1.82, 2.24) is 4.57 Å². The summed E-state index contributed by atoms with van der Waals surface area (Å²) in [5.74, 6) is 0.249. The molecule has 3 nitrogen and oxygen atoms in total. The van der Waals surface area contributed by atoms with Crippen molar-refractivity contribution < 1.29 is 10.2 Å². The van der Waals surface area contributed by atoms with Crippen molar-refractivity contribution in [3.05, 3.63) is 64.8 Å². The molecule has 0 amide bonds. The predicted molar refractivity (Wildman–Crippen MR) is 80.1 cm³/mol. The van der Waals surface area contributed by atoms with Gasteiger partial charge in [-0.05, 0) is 29.8 Å². The van der Waals surface area contributed by atoms with E-state index in [4.69, 9.17) is 11.6 Å². The Labute approximate surface area is 121 Å². The van der Waals surface area contributed by atoms with E-state index in [-0.39, 0.29) is 12.4 Å². The highest BCUT2D eigenvalue weighted by Gasteiger charge is 2.09. The van der Waals surface area contributed by atoms with E-state index in [1.165, 1.54) is 0 Å². The number of aliphatic hydroxyl groups excluding tert-OH is 1. The number of hydrogen-bond donors (Lipinski definition) is 2. The zero-order valence-electron chi connectivity index (χ0n) is 10.8. The van der Waals surface area contributed by atoms with E-state index >= 15 is 0 Å². The number of hydrogen-bond acceptors (Lipinski definition) is 2. The molecule has 0 fully saturated rings. The summed E-state index contributed by atoms with van der Waals surface area (Å²) in [7, 11) is 0. The molecule has 0 saturated heterocycles. The molecule has 0 aliphatic rings. The van der Waals surface area contributed by atoms with Crippen molar-refractivity contribution in [3.8, 4) is 5.75 Å². The lowest BCUT2D eigenvalue weighted by molar-refractivity contribution is 0.283. The quantitative estimate of drug-likeness (QED) is 0.774. The van der Waals surface area contributed by atoms with E-state index in [0.717, 1.165) is 22.0 Å². The first-order valence-corrected chi connectivity index (χ1v) is 6.71. The fourth-order valence-corrected chi connectivity index (χ4v) is 2.62. The third-order valence-electron chi connectivity index (χ3n) is 3.36. The Morgan fingerprint density at radius 2 is 1.95 bits per heavy atom. The van der Waals surface area contributed by atoms with Crippen LogP contribution in [0.25, 0.3) is 10.9 Å². The minimum Gasteiger partial charge on any atom is -0.508 e. The number of halogens is 1. The minimum atomic E-state index is -0.00876. The number of fused-ring (bicyclic) bond motifs is 1. The van der Waals surface area contributed by atoms with Crippen molar-refractivity contribution in [3.63, 3.8) is 0 Å². The SMILES string of the molecule is OCc1cn(Cc2cccc(O)c2)c2cc(Cl)ccc12. The fraction of sp³-hybridized carbons (Fsp3) is 0.125. The maximum absolute atomic E-state index is 9.53. The van der Waals surface area contributed by atoms with Crippen molar-refractivity contribution in [2.45, 2.75) is 13.2 Å². The van der Waals surface area contributed by atoms with Gasteiger partial charge in [-0.1, -0.05) is 29.8 Å². The monoisotopic (exact) mass is 287 g/mol. The molecule has 102 valence electrons. The lowest BCUT2D eigenvalue weighted by Gasteiger charge is -2.06. The number of nitrogens with zero attached hydrogens (tertiary/aromatic N) is 1. The van der Waals surface area contributed by atoms with Crippen LogP contribution in [0.3, 0.4) is 0 Å². The van der Waals surface area contributed by atoms with Gasteiger partial charge in [0.2, 0.25) is 0 Å². The molecule has 1 aromatic heterocycles. The Morgan fingerprint density at radius 3 is 2.70 bits per heavy atom. The average Bonchev–Trinajstić information content (AvgIpc) is 2.76. The molecular formula is C16H14ClNO2.